The van der Waals surface area contributed by atoms with E-state index in [-0.39, 0.29) is 25.5 Å². The number of benzene rings is 1. The van der Waals surface area contributed by atoms with Gasteiger partial charge < -0.3 is 14.2 Å². The molecule has 0 radical (unpaired) electrons. The van der Waals surface area contributed by atoms with Crippen LogP contribution in [0.4, 0.5) is 0 Å². The molecule has 2 heterocycles. The summed E-state index contributed by atoms with van der Waals surface area (Å²) in [5, 5.41) is 0. The van der Waals surface area contributed by atoms with Crippen LogP contribution in [-0.2, 0) is 21.5 Å². The second-order valence-electron chi connectivity index (χ2n) is 5.59. The van der Waals surface area contributed by atoms with Crippen molar-refractivity contribution in [3.8, 4) is 11.5 Å². The summed E-state index contributed by atoms with van der Waals surface area (Å²) in [4.78, 5) is 0. The maximum atomic E-state index is 12.4. The van der Waals surface area contributed by atoms with Gasteiger partial charge in [-0.2, -0.15) is 17.4 Å². The van der Waals surface area contributed by atoms with Crippen LogP contribution < -0.4 is 14.2 Å². The Morgan fingerprint density at radius 2 is 1.86 bits per heavy atom. The van der Waals surface area contributed by atoms with E-state index in [4.69, 9.17) is 14.2 Å². The zero-order valence-corrected chi connectivity index (χ0v) is 13.4. The lowest BCUT2D eigenvalue weighted by Gasteiger charge is -2.34. The number of nitrogens with one attached hydrogen (secondary N) is 1. The third-order valence-electron chi connectivity index (χ3n) is 3.62. The monoisotopic (exact) mass is 328 g/mol. The largest absolute Gasteiger partial charge is 0.454 e. The van der Waals surface area contributed by atoms with Crippen molar-refractivity contribution in [3.63, 3.8) is 0 Å². The minimum atomic E-state index is -3.53. The second-order valence-corrected chi connectivity index (χ2v) is 7.34. The van der Waals surface area contributed by atoms with Crippen LogP contribution in [0.5, 0.6) is 11.5 Å². The van der Waals surface area contributed by atoms with Gasteiger partial charge in [-0.05, 0) is 31.5 Å². The average Bonchev–Trinajstić information content (AvgIpc) is 2.91. The molecule has 7 nitrogen and oxygen atoms in total. The van der Waals surface area contributed by atoms with Crippen molar-refractivity contribution in [2.75, 3.05) is 19.9 Å². The van der Waals surface area contributed by atoms with Gasteiger partial charge in [0.05, 0.1) is 12.2 Å². The first-order valence-corrected chi connectivity index (χ1v) is 8.67. The smallest absolute Gasteiger partial charge is 0.279 e. The van der Waals surface area contributed by atoms with E-state index in [0.29, 0.717) is 24.6 Å². The van der Waals surface area contributed by atoms with Gasteiger partial charge in [-0.15, -0.1) is 0 Å². The normalized spacial score (nSPS) is 25.4. The lowest BCUT2D eigenvalue weighted by atomic mass is 10.2. The van der Waals surface area contributed by atoms with Crippen LogP contribution in [0, 0.1) is 0 Å². The molecule has 0 aromatic heterocycles. The molecule has 1 aromatic carbocycles. The molecule has 2 aliphatic rings. The van der Waals surface area contributed by atoms with Gasteiger partial charge in [0.2, 0.25) is 6.79 Å². The summed E-state index contributed by atoms with van der Waals surface area (Å²) in [6.07, 6.45) is -0.211. The highest BCUT2D eigenvalue weighted by Crippen LogP contribution is 2.32. The highest BCUT2D eigenvalue weighted by atomic mass is 32.2. The Kier molecular flexibility index (Phi) is 4.26. The molecule has 0 unspecified atom stereocenters. The van der Waals surface area contributed by atoms with Crippen LogP contribution >= 0.6 is 0 Å². The summed E-state index contributed by atoms with van der Waals surface area (Å²) in [7, 11) is -3.53. The first-order valence-electron chi connectivity index (χ1n) is 7.23. The van der Waals surface area contributed by atoms with E-state index in [1.165, 1.54) is 4.31 Å². The van der Waals surface area contributed by atoms with E-state index in [0.717, 1.165) is 5.56 Å². The second kappa shape index (κ2) is 6.04. The summed E-state index contributed by atoms with van der Waals surface area (Å²) in [5.41, 5.74) is 0.821. The van der Waals surface area contributed by atoms with Crippen LogP contribution in [0.3, 0.4) is 0 Å². The summed E-state index contributed by atoms with van der Waals surface area (Å²) < 4.78 is 44.9. The number of ether oxygens (including phenoxy) is 3. The number of fused-ring (bicyclic) bond motifs is 1. The Morgan fingerprint density at radius 3 is 2.59 bits per heavy atom. The summed E-state index contributed by atoms with van der Waals surface area (Å²) >= 11 is 0. The van der Waals surface area contributed by atoms with E-state index >= 15 is 0 Å². The maximum Gasteiger partial charge on any atom is 0.279 e. The molecule has 22 heavy (non-hydrogen) atoms. The Balaban J connectivity index is 1.64. The van der Waals surface area contributed by atoms with Crippen LogP contribution in [-0.4, -0.2) is 44.8 Å². The van der Waals surface area contributed by atoms with Gasteiger partial charge in [0.15, 0.2) is 11.5 Å². The molecule has 2 atom stereocenters. The summed E-state index contributed by atoms with van der Waals surface area (Å²) in [6.45, 7) is 4.88. The van der Waals surface area contributed by atoms with Crippen molar-refractivity contribution in [1.82, 2.24) is 9.03 Å². The van der Waals surface area contributed by atoms with Crippen molar-refractivity contribution < 1.29 is 22.6 Å². The first-order chi connectivity index (χ1) is 10.4. The quantitative estimate of drug-likeness (QED) is 0.887. The molecule has 0 saturated carbocycles. The Hall–Kier alpha value is -1.35. The zero-order valence-electron chi connectivity index (χ0n) is 12.6. The molecular formula is C14H20N2O5S. The minimum Gasteiger partial charge on any atom is -0.454 e. The topological polar surface area (TPSA) is 77.1 Å². The fourth-order valence-corrected chi connectivity index (χ4v) is 3.99. The van der Waals surface area contributed by atoms with E-state index in [2.05, 4.69) is 4.72 Å². The van der Waals surface area contributed by atoms with Crippen molar-refractivity contribution in [2.24, 2.45) is 0 Å². The van der Waals surface area contributed by atoms with Gasteiger partial charge in [0, 0.05) is 19.6 Å². The molecule has 1 saturated heterocycles. The molecule has 1 fully saturated rings. The van der Waals surface area contributed by atoms with Crippen LogP contribution in [0.1, 0.15) is 19.4 Å². The van der Waals surface area contributed by atoms with Crippen molar-refractivity contribution in [3.05, 3.63) is 23.8 Å². The predicted molar refractivity (Wildman–Crippen MR) is 79.9 cm³/mol. The van der Waals surface area contributed by atoms with Gasteiger partial charge >= 0.3 is 0 Å². The third kappa shape index (κ3) is 3.35. The predicted octanol–water partition coefficient (Wildman–Crippen LogP) is 0.859. The summed E-state index contributed by atoms with van der Waals surface area (Å²) in [5.74, 6) is 1.33. The van der Waals surface area contributed by atoms with Crippen LogP contribution in [0.15, 0.2) is 18.2 Å². The maximum absolute atomic E-state index is 12.4. The number of hydrogen-bond donors (Lipinski definition) is 1. The molecule has 0 spiro atoms. The van der Waals surface area contributed by atoms with Crippen molar-refractivity contribution in [1.29, 1.82) is 0 Å². The van der Waals surface area contributed by atoms with Gasteiger partial charge in [-0.1, -0.05) is 6.07 Å². The molecule has 3 rings (SSSR count). The lowest BCUT2D eigenvalue weighted by Crippen LogP contribution is -2.51. The molecule has 1 aromatic rings. The Bertz CT molecular complexity index is 639. The number of rotatable bonds is 4. The minimum absolute atomic E-state index is 0.106. The molecule has 0 aliphatic carbocycles. The fraction of sp³-hybridized carbons (Fsp3) is 0.571. The average molecular weight is 328 g/mol. The molecule has 122 valence electrons. The molecule has 8 heteroatoms. The van der Waals surface area contributed by atoms with Crippen LogP contribution in [0.25, 0.3) is 0 Å². The molecule has 1 N–H and O–H groups in total. The zero-order chi connectivity index (χ0) is 15.7. The van der Waals surface area contributed by atoms with E-state index in [1.54, 1.807) is 12.1 Å². The number of hydrogen-bond acceptors (Lipinski definition) is 5. The molecule has 0 bridgehead atoms. The molecule has 2 aliphatic heterocycles. The highest BCUT2D eigenvalue weighted by Gasteiger charge is 2.30. The number of morpholine rings is 1. The lowest BCUT2D eigenvalue weighted by molar-refractivity contribution is -0.0444. The fourth-order valence-electron chi connectivity index (χ4n) is 2.64. The van der Waals surface area contributed by atoms with Gasteiger partial charge in [-0.3, -0.25) is 0 Å². The Morgan fingerprint density at radius 1 is 1.18 bits per heavy atom. The molecule has 0 amide bonds. The first kappa shape index (κ1) is 15.5. The van der Waals surface area contributed by atoms with Gasteiger partial charge in [-0.25, -0.2) is 0 Å². The van der Waals surface area contributed by atoms with E-state index < -0.39 is 10.2 Å². The van der Waals surface area contributed by atoms with Crippen LogP contribution in [0.2, 0.25) is 0 Å². The molecular weight excluding hydrogens is 308 g/mol. The Labute approximate surface area is 130 Å². The van der Waals surface area contributed by atoms with Crippen molar-refractivity contribution in [2.45, 2.75) is 32.6 Å². The van der Waals surface area contributed by atoms with Gasteiger partial charge in [0.1, 0.15) is 0 Å². The van der Waals surface area contributed by atoms with Gasteiger partial charge in [0.25, 0.3) is 10.2 Å². The standard InChI is InChI=1S/C14H20N2O5S/c1-10-7-16(8-11(2)21-10)22(17,18)15-6-12-3-4-13-14(5-12)20-9-19-13/h3-5,10-11,15H,6-9H2,1-2H3/t10-,11-/m1/s1. The summed E-state index contributed by atoms with van der Waals surface area (Å²) in [6, 6.07) is 5.39. The number of nitrogens with zero attached hydrogens (tertiary/aromatic N) is 1. The van der Waals surface area contributed by atoms with E-state index in [1.807, 2.05) is 19.9 Å². The highest BCUT2D eigenvalue weighted by molar-refractivity contribution is 7.87. The third-order valence-corrected chi connectivity index (χ3v) is 5.11. The van der Waals surface area contributed by atoms with E-state index in [9.17, 15) is 8.42 Å². The van der Waals surface area contributed by atoms with Crippen molar-refractivity contribution >= 4 is 10.2 Å². The SMILES string of the molecule is C[C@@H]1CN(S(=O)(=O)NCc2ccc3c(c2)OCO3)C[C@@H](C)O1.